The Balaban J connectivity index is 1.99. The fourth-order valence-electron chi connectivity index (χ4n) is 3.23. The molecule has 0 unspecified atom stereocenters. The van der Waals surface area contributed by atoms with Crippen LogP contribution in [0.3, 0.4) is 0 Å². The van der Waals surface area contributed by atoms with E-state index in [-0.39, 0.29) is 15.0 Å². The summed E-state index contributed by atoms with van der Waals surface area (Å²) >= 11 is 3.73. The zero-order valence-corrected chi connectivity index (χ0v) is 18.6. The fourth-order valence-corrected chi connectivity index (χ4v) is 6.82. The van der Waals surface area contributed by atoms with Crippen molar-refractivity contribution in [3.8, 4) is 20.9 Å². The molecule has 5 heteroatoms. The van der Waals surface area contributed by atoms with Gasteiger partial charge in [0.15, 0.2) is 0 Å². The predicted molar refractivity (Wildman–Crippen MR) is 112 cm³/mol. The molecule has 128 valence electrons. The first-order valence-corrected chi connectivity index (χ1v) is 11.5. The molecule has 0 aliphatic rings. The van der Waals surface area contributed by atoms with Gasteiger partial charge in [-0.05, 0) is 0 Å². The van der Waals surface area contributed by atoms with Crippen molar-refractivity contribution in [1.82, 2.24) is 7.96 Å². The molecular weight excluding hydrogens is 411 g/mol. The number of aromatic nitrogens is 2. The number of fused-ring (bicyclic) bond motifs is 1. The summed E-state index contributed by atoms with van der Waals surface area (Å²) in [5.74, 6) is 0. The summed E-state index contributed by atoms with van der Waals surface area (Å²) in [6.45, 7) is 13.3. The molecule has 25 heavy (non-hydrogen) atoms. The van der Waals surface area contributed by atoms with Crippen molar-refractivity contribution in [2.24, 2.45) is 0 Å². The number of hydrogen-bond acceptors (Lipinski definition) is 4. The van der Waals surface area contributed by atoms with Crippen LogP contribution in [-0.4, -0.2) is 22.9 Å². The summed E-state index contributed by atoms with van der Waals surface area (Å²) in [6.07, 6.45) is 0. The van der Waals surface area contributed by atoms with Crippen LogP contribution in [0.2, 0.25) is 0 Å². The van der Waals surface area contributed by atoms with E-state index in [1.165, 1.54) is 52.9 Å². The molecule has 0 saturated carbocycles. The molecule has 3 heterocycles. The van der Waals surface area contributed by atoms with Crippen LogP contribution >= 0.6 is 22.7 Å². The van der Waals surface area contributed by atoms with Gasteiger partial charge in [-0.2, -0.15) is 0 Å². The van der Waals surface area contributed by atoms with Crippen molar-refractivity contribution < 1.29 is 0 Å². The van der Waals surface area contributed by atoms with E-state index in [9.17, 15) is 0 Å². The van der Waals surface area contributed by atoms with Crippen LogP contribution in [-0.2, 0) is 0 Å². The van der Waals surface area contributed by atoms with Gasteiger partial charge < -0.3 is 0 Å². The number of rotatable bonds is 2. The van der Waals surface area contributed by atoms with Crippen molar-refractivity contribution in [1.29, 1.82) is 0 Å². The summed E-state index contributed by atoms with van der Waals surface area (Å²) < 4.78 is 9.62. The van der Waals surface area contributed by atoms with Crippen molar-refractivity contribution in [2.75, 3.05) is 0 Å². The van der Waals surface area contributed by atoms with Crippen LogP contribution in [0.25, 0.3) is 31.9 Å². The van der Waals surface area contributed by atoms with Crippen molar-refractivity contribution in [3.63, 3.8) is 0 Å². The van der Waals surface area contributed by atoms with Gasteiger partial charge >= 0.3 is 163 Å². The number of thiophene rings is 2. The molecule has 0 radical (unpaired) electrons. The maximum atomic E-state index is 4.81. The quantitative estimate of drug-likeness (QED) is 0.364. The van der Waals surface area contributed by atoms with E-state index in [1.54, 1.807) is 0 Å². The van der Waals surface area contributed by atoms with E-state index in [1.807, 2.05) is 22.7 Å². The minimum atomic E-state index is -0.0301. The standard InChI is InChI=1S/C20H20N2S2Se/c1-9-11(3)19(23-13(9)5)15-7-8-16(18-17(15)21-25-22-18)20-12(4)10(2)14(6)24-20/h7-8H,1-6H3. The number of hydrogen-bond donors (Lipinski definition) is 0. The van der Waals surface area contributed by atoms with Gasteiger partial charge in [0.25, 0.3) is 0 Å². The molecular formula is C20H20N2S2Se. The molecule has 0 aliphatic carbocycles. The third-order valence-electron chi connectivity index (χ3n) is 5.28. The first kappa shape index (κ1) is 17.2. The third-order valence-corrected chi connectivity index (χ3v) is 9.07. The molecule has 1 aromatic carbocycles. The Hall–Kier alpha value is -1.26. The summed E-state index contributed by atoms with van der Waals surface area (Å²) in [6, 6.07) is 4.52. The first-order chi connectivity index (χ1) is 11.9. The minimum absolute atomic E-state index is 0.0301. The molecule has 3 aromatic heterocycles. The average molecular weight is 431 g/mol. The fraction of sp³-hybridized carbons (Fsp3) is 0.300. The number of aryl methyl sites for hydroxylation is 2. The second-order valence-electron chi connectivity index (χ2n) is 6.60. The summed E-state index contributed by atoms with van der Waals surface area (Å²) in [7, 11) is 0. The Morgan fingerprint density at radius 1 is 0.640 bits per heavy atom. The van der Waals surface area contributed by atoms with Crippen LogP contribution in [0.1, 0.15) is 32.0 Å². The monoisotopic (exact) mass is 432 g/mol. The molecule has 0 bridgehead atoms. The van der Waals surface area contributed by atoms with E-state index < -0.39 is 0 Å². The third kappa shape index (κ3) is 2.57. The predicted octanol–water partition coefficient (Wildman–Crippen LogP) is 5.99. The molecule has 0 saturated heterocycles. The van der Waals surface area contributed by atoms with Crippen molar-refractivity contribution in [3.05, 3.63) is 44.1 Å². The van der Waals surface area contributed by atoms with Crippen molar-refractivity contribution >= 4 is 48.7 Å². The molecule has 0 spiro atoms. The molecule has 4 rings (SSSR count). The molecule has 4 aromatic rings. The zero-order valence-electron chi connectivity index (χ0n) is 15.3. The van der Waals surface area contributed by atoms with Gasteiger partial charge in [0.05, 0.1) is 0 Å². The number of benzene rings is 1. The van der Waals surface area contributed by atoms with E-state index in [2.05, 4.69) is 53.7 Å². The van der Waals surface area contributed by atoms with Crippen molar-refractivity contribution in [2.45, 2.75) is 41.5 Å². The average Bonchev–Trinajstić information content (AvgIpc) is 3.25. The zero-order chi connectivity index (χ0) is 17.9. The Bertz CT molecular complexity index is 1030. The van der Waals surface area contributed by atoms with Gasteiger partial charge in [0.2, 0.25) is 0 Å². The topological polar surface area (TPSA) is 25.8 Å². The van der Waals surface area contributed by atoms with Crippen LogP contribution in [0, 0.1) is 41.5 Å². The van der Waals surface area contributed by atoms with Gasteiger partial charge in [-0.3, -0.25) is 0 Å². The second kappa shape index (κ2) is 6.17. The molecule has 0 aliphatic heterocycles. The van der Waals surface area contributed by atoms with Crippen LogP contribution in [0.15, 0.2) is 12.1 Å². The Kier molecular flexibility index (Phi) is 4.24. The van der Waals surface area contributed by atoms with Gasteiger partial charge in [0.1, 0.15) is 0 Å². The summed E-state index contributed by atoms with van der Waals surface area (Å²) in [5, 5.41) is 0. The summed E-state index contributed by atoms with van der Waals surface area (Å²) in [5.41, 5.74) is 10.3. The van der Waals surface area contributed by atoms with E-state index in [0.717, 1.165) is 11.0 Å². The second-order valence-corrected chi connectivity index (χ2v) is 10.2. The molecule has 0 fully saturated rings. The number of nitrogens with zero attached hydrogens (tertiary/aromatic N) is 2. The Morgan fingerprint density at radius 3 is 1.36 bits per heavy atom. The summed E-state index contributed by atoms with van der Waals surface area (Å²) in [4.78, 5) is 5.49. The Morgan fingerprint density at radius 2 is 1.04 bits per heavy atom. The van der Waals surface area contributed by atoms with Gasteiger partial charge in [0, 0.05) is 0 Å². The van der Waals surface area contributed by atoms with Gasteiger partial charge in [-0.15, -0.1) is 0 Å². The maximum absolute atomic E-state index is 4.81. The van der Waals surface area contributed by atoms with E-state index >= 15 is 0 Å². The SMILES string of the molecule is Cc1sc(-c2ccc(-c3sc(C)c(C)c3C)c3n[se]nc23)c(C)c1C. The normalized spacial score (nSPS) is 11.6. The van der Waals surface area contributed by atoms with E-state index in [0.29, 0.717) is 0 Å². The van der Waals surface area contributed by atoms with E-state index in [4.69, 9.17) is 7.96 Å². The van der Waals surface area contributed by atoms with Gasteiger partial charge in [-0.1, -0.05) is 0 Å². The first-order valence-electron chi connectivity index (χ1n) is 8.29. The molecule has 0 amide bonds. The van der Waals surface area contributed by atoms with Gasteiger partial charge in [-0.25, -0.2) is 0 Å². The molecule has 0 atom stereocenters. The van der Waals surface area contributed by atoms with Crippen LogP contribution in [0.4, 0.5) is 0 Å². The molecule has 2 nitrogen and oxygen atoms in total. The van der Waals surface area contributed by atoms with Crippen LogP contribution in [0.5, 0.6) is 0 Å². The molecule has 0 N–H and O–H groups in total. The Labute approximate surface area is 162 Å². The van der Waals surface area contributed by atoms with Crippen LogP contribution < -0.4 is 0 Å².